The van der Waals surface area contributed by atoms with Gasteiger partial charge in [0, 0.05) is 0 Å². The second kappa shape index (κ2) is 8.68. The normalized spacial score (nSPS) is 11.7. The first-order valence-electron chi connectivity index (χ1n) is 12.0. The van der Waals surface area contributed by atoms with Crippen LogP contribution in [-0.4, -0.2) is 6.61 Å². The molecule has 0 saturated carbocycles. The SMILES string of the molecule is CCOc1ccc(-c2cc3c(c(-c4ccccc4)c2-c2ccccc2)Cc2ccccc2-3)cc1. The summed E-state index contributed by atoms with van der Waals surface area (Å²) in [4.78, 5) is 0. The fraction of sp³-hybridized carbons (Fsp3) is 0.0909. The van der Waals surface area contributed by atoms with Gasteiger partial charge in [0.1, 0.15) is 5.75 Å². The summed E-state index contributed by atoms with van der Waals surface area (Å²) in [6.07, 6.45) is 0.957. The Kier molecular flexibility index (Phi) is 5.24. The lowest BCUT2D eigenvalue weighted by Crippen LogP contribution is -1.97. The van der Waals surface area contributed by atoms with Gasteiger partial charge in [0.25, 0.3) is 0 Å². The number of benzene rings is 5. The van der Waals surface area contributed by atoms with Crippen molar-refractivity contribution in [2.24, 2.45) is 0 Å². The summed E-state index contributed by atoms with van der Waals surface area (Å²) in [5.74, 6) is 0.905. The zero-order valence-electron chi connectivity index (χ0n) is 19.3. The summed E-state index contributed by atoms with van der Waals surface area (Å²) in [5, 5.41) is 0. The summed E-state index contributed by atoms with van der Waals surface area (Å²) in [5.41, 5.74) is 13.1. The van der Waals surface area contributed by atoms with Gasteiger partial charge in [0.05, 0.1) is 6.61 Å². The molecular formula is C33H26O. The molecule has 0 saturated heterocycles. The Morgan fingerprint density at radius 2 is 1.18 bits per heavy atom. The van der Waals surface area contributed by atoms with Crippen molar-refractivity contribution in [3.63, 3.8) is 0 Å². The first-order chi connectivity index (χ1) is 16.8. The van der Waals surface area contributed by atoms with Crippen molar-refractivity contribution in [1.82, 2.24) is 0 Å². The molecule has 0 fully saturated rings. The van der Waals surface area contributed by atoms with Crippen molar-refractivity contribution in [3.05, 3.63) is 126 Å². The first-order valence-corrected chi connectivity index (χ1v) is 12.0. The van der Waals surface area contributed by atoms with Gasteiger partial charge in [-0.3, -0.25) is 0 Å². The van der Waals surface area contributed by atoms with Gasteiger partial charge in [-0.1, -0.05) is 97.1 Å². The van der Waals surface area contributed by atoms with Crippen molar-refractivity contribution < 1.29 is 4.74 Å². The van der Waals surface area contributed by atoms with Crippen molar-refractivity contribution in [2.75, 3.05) is 6.61 Å². The van der Waals surface area contributed by atoms with Crippen LogP contribution in [0.2, 0.25) is 0 Å². The standard InChI is InChI=1S/C33H26O/c1-2-34-27-19-17-23(18-20-27)29-22-30-28-16-10-9-15-26(28)21-31(30)33(25-13-7-4-8-14-25)32(29)24-11-5-3-6-12-24/h3-20,22H,2,21H2,1H3. The molecule has 1 nitrogen and oxygen atoms in total. The maximum Gasteiger partial charge on any atom is 0.119 e. The van der Waals surface area contributed by atoms with Crippen molar-refractivity contribution >= 4 is 0 Å². The third-order valence-corrected chi connectivity index (χ3v) is 6.71. The number of rotatable bonds is 5. The lowest BCUT2D eigenvalue weighted by Gasteiger charge is -2.21. The molecule has 1 aliphatic rings. The Bertz CT molecular complexity index is 1450. The van der Waals surface area contributed by atoms with Crippen LogP contribution in [0.15, 0.2) is 115 Å². The smallest absolute Gasteiger partial charge is 0.119 e. The largest absolute Gasteiger partial charge is 0.494 e. The average molecular weight is 439 g/mol. The summed E-state index contributed by atoms with van der Waals surface area (Å²) in [7, 11) is 0. The Labute approximate surface area is 201 Å². The molecule has 5 aromatic rings. The van der Waals surface area contributed by atoms with E-state index in [-0.39, 0.29) is 0 Å². The van der Waals surface area contributed by atoms with Gasteiger partial charge < -0.3 is 4.74 Å². The highest BCUT2D eigenvalue weighted by atomic mass is 16.5. The molecule has 164 valence electrons. The third-order valence-electron chi connectivity index (χ3n) is 6.71. The molecule has 0 bridgehead atoms. The maximum absolute atomic E-state index is 5.73. The van der Waals surface area contributed by atoms with Crippen molar-refractivity contribution in [2.45, 2.75) is 13.3 Å². The van der Waals surface area contributed by atoms with E-state index in [1.807, 2.05) is 6.92 Å². The monoisotopic (exact) mass is 438 g/mol. The van der Waals surface area contributed by atoms with Crippen LogP contribution in [0, 0.1) is 0 Å². The van der Waals surface area contributed by atoms with Gasteiger partial charge in [-0.25, -0.2) is 0 Å². The molecule has 0 unspecified atom stereocenters. The third kappa shape index (κ3) is 3.50. The average Bonchev–Trinajstić information content (AvgIpc) is 3.28. The molecule has 6 rings (SSSR count). The highest BCUT2D eigenvalue weighted by molar-refractivity contribution is 6.01. The highest BCUT2D eigenvalue weighted by Crippen LogP contribution is 2.50. The zero-order chi connectivity index (χ0) is 22.9. The van der Waals surface area contributed by atoms with Crippen LogP contribution in [-0.2, 0) is 6.42 Å². The molecule has 5 aromatic carbocycles. The quantitative estimate of drug-likeness (QED) is 0.262. The molecule has 34 heavy (non-hydrogen) atoms. The van der Waals surface area contributed by atoms with E-state index in [1.165, 1.54) is 55.6 Å². The van der Waals surface area contributed by atoms with Gasteiger partial charge >= 0.3 is 0 Å². The Hall–Kier alpha value is -4.10. The van der Waals surface area contributed by atoms with Crippen LogP contribution in [0.3, 0.4) is 0 Å². The summed E-state index contributed by atoms with van der Waals surface area (Å²) in [6, 6.07) is 41.5. The van der Waals surface area contributed by atoms with E-state index >= 15 is 0 Å². The highest BCUT2D eigenvalue weighted by Gasteiger charge is 2.27. The maximum atomic E-state index is 5.73. The number of hydrogen-bond acceptors (Lipinski definition) is 1. The first kappa shape index (κ1) is 20.5. The second-order valence-electron chi connectivity index (χ2n) is 8.72. The summed E-state index contributed by atoms with van der Waals surface area (Å²) < 4.78 is 5.73. The van der Waals surface area contributed by atoms with E-state index in [1.54, 1.807) is 0 Å². The fourth-order valence-electron chi connectivity index (χ4n) is 5.23. The van der Waals surface area contributed by atoms with Gasteiger partial charge in [0.2, 0.25) is 0 Å². The van der Waals surface area contributed by atoms with E-state index in [0.717, 1.165) is 12.2 Å². The minimum absolute atomic E-state index is 0.669. The van der Waals surface area contributed by atoms with E-state index in [9.17, 15) is 0 Å². The second-order valence-corrected chi connectivity index (χ2v) is 8.72. The van der Waals surface area contributed by atoms with Crippen LogP contribution in [0.1, 0.15) is 18.1 Å². The molecule has 0 amide bonds. The summed E-state index contributed by atoms with van der Waals surface area (Å²) in [6.45, 7) is 2.69. The molecule has 0 radical (unpaired) electrons. The zero-order valence-corrected chi connectivity index (χ0v) is 19.3. The Balaban J connectivity index is 1.70. The lowest BCUT2D eigenvalue weighted by atomic mass is 9.82. The van der Waals surface area contributed by atoms with Crippen LogP contribution >= 0.6 is 0 Å². The van der Waals surface area contributed by atoms with Gasteiger partial charge in [0.15, 0.2) is 0 Å². The van der Waals surface area contributed by atoms with Crippen molar-refractivity contribution in [1.29, 1.82) is 0 Å². The fourth-order valence-corrected chi connectivity index (χ4v) is 5.23. The Morgan fingerprint density at radius 1 is 0.559 bits per heavy atom. The molecule has 0 N–H and O–H groups in total. The van der Waals surface area contributed by atoms with Gasteiger partial charge in [-0.2, -0.15) is 0 Å². The molecule has 0 heterocycles. The number of ether oxygens (including phenoxy) is 1. The van der Waals surface area contributed by atoms with E-state index in [2.05, 4.69) is 115 Å². The molecular weight excluding hydrogens is 412 g/mol. The predicted molar refractivity (Wildman–Crippen MR) is 142 cm³/mol. The van der Waals surface area contributed by atoms with Crippen LogP contribution < -0.4 is 4.74 Å². The van der Waals surface area contributed by atoms with E-state index in [0.29, 0.717) is 6.61 Å². The molecule has 1 heteroatoms. The van der Waals surface area contributed by atoms with E-state index < -0.39 is 0 Å². The number of hydrogen-bond donors (Lipinski definition) is 0. The molecule has 0 spiro atoms. The molecule has 0 aromatic heterocycles. The molecule has 0 atom stereocenters. The molecule has 0 aliphatic heterocycles. The Morgan fingerprint density at radius 3 is 1.85 bits per heavy atom. The number of fused-ring (bicyclic) bond motifs is 3. The van der Waals surface area contributed by atoms with E-state index in [4.69, 9.17) is 4.74 Å². The van der Waals surface area contributed by atoms with Crippen LogP contribution in [0.4, 0.5) is 0 Å². The van der Waals surface area contributed by atoms with Crippen molar-refractivity contribution in [3.8, 4) is 50.3 Å². The molecule has 1 aliphatic carbocycles. The van der Waals surface area contributed by atoms with Crippen LogP contribution in [0.5, 0.6) is 5.75 Å². The minimum atomic E-state index is 0.669. The van der Waals surface area contributed by atoms with Gasteiger partial charge in [-0.05, 0) is 87.2 Å². The van der Waals surface area contributed by atoms with Crippen LogP contribution in [0.25, 0.3) is 44.5 Å². The lowest BCUT2D eigenvalue weighted by molar-refractivity contribution is 0.340. The predicted octanol–water partition coefficient (Wildman–Crippen LogP) is 8.66. The summed E-state index contributed by atoms with van der Waals surface area (Å²) >= 11 is 0. The van der Waals surface area contributed by atoms with Gasteiger partial charge in [-0.15, -0.1) is 0 Å². The topological polar surface area (TPSA) is 9.23 Å². The minimum Gasteiger partial charge on any atom is -0.494 e.